The third-order valence-corrected chi connectivity index (χ3v) is 8.39. The maximum absolute atomic E-state index is 5.67. The Labute approximate surface area is 215 Å². The molecule has 1 atom stereocenters. The average molecular weight is 492 g/mol. The number of hydrogen-bond donors (Lipinski definition) is 0. The van der Waals surface area contributed by atoms with Crippen molar-refractivity contribution in [2.75, 3.05) is 62.7 Å². The number of rotatable bonds is 7. The Hall–Kier alpha value is -0.970. The average Bonchev–Trinajstić information content (AvgIpc) is 3.25. The lowest BCUT2D eigenvalue weighted by molar-refractivity contribution is 0.0970. The van der Waals surface area contributed by atoms with Gasteiger partial charge in [-0.3, -0.25) is 4.90 Å². The van der Waals surface area contributed by atoms with Crippen LogP contribution >= 0.6 is 12.4 Å². The van der Waals surface area contributed by atoms with E-state index in [0.29, 0.717) is 22.9 Å². The van der Waals surface area contributed by atoms with Gasteiger partial charge < -0.3 is 14.5 Å². The van der Waals surface area contributed by atoms with E-state index in [1.807, 2.05) is 7.11 Å². The molecule has 1 aromatic rings. The van der Waals surface area contributed by atoms with E-state index in [0.717, 1.165) is 32.6 Å². The van der Waals surface area contributed by atoms with Gasteiger partial charge in [0.2, 0.25) is 0 Å². The Bertz CT molecular complexity index is 772. The second-order valence-electron chi connectivity index (χ2n) is 12.6. The van der Waals surface area contributed by atoms with Crippen LogP contribution in [0.5, 0.6) is 0 Å². The summed E-state index contributed by atoms with van der Waals surface area (Å²) in [5.74, 6) is 0.637. The molecule has 3 fully saturated rings. The lowest BCUT2D eigenvalue weighted by Gasteiger charge is -2.46. The molecule has 1 saturated carbocycles. The highest BCUT2D eigenvalue weighted by molar-refractivity contribution is 5.85. The van der Waals surface area contributed by atoms with E-state index >= 15 is 0 Å². The summed E-state index contributed by atoms with van der Waals surface area (Å²) in [6, 6.07) is 7.42. The molecule has 5 heteroatoms. The second-order valence-corrected chi connectivity index (χ2v) is 12.6. The van der Waals surface area contributed by atoms with Crippen LogP contribution in [0.1, 0.15) is 84.6 Å². The quantitative estimate of drug-likeness (QED) is 0.429. The van der Waals surface area contributed by atoms with Gasteiger partial charge in [-0.15, -0.1) is 12.4 Å². The first-order valence-electron chi connectivity index (χ1n) is 13.6. The van der Waals surface area contributed by atoms with Crippen molar-refractivity contribution in [1.82, 2.24) is 4.90 Å². The van der Waals surface area contributed by atoms with E-state index in [2.05, 4.69) is 67.5 Å². The SMILES string of the molecule is CCCCN1CCN(c2ccc(N3CC[C@H](OC)C3)cc2C2CC(C)(C)CC(C)(C)C2)CC1.Cl. The van der Waals surface area contributed by atoms with Crippen LogP contribution < -0.4 is 9.80 Å². The molecule has 34 heavy (non-hydrogen) atoms. The van der Waals surface area contributed by atoms with E-state index < -0.39 is 0 Å². The number of anilines is 2. The van der Waals surface area contributed by atoms with Crippen LogP contribution in [0.15, 0.2) is 18.2 Å². The lowest BCUT2D eigenvalue weighted by Crippen LogP contribution is -2.47. The Morgan fingerprint density at radius 1 is 0.941 bits per heavy atom. The Balaban J connectivity index is 0.00000324. The Morgan fingerprint density at radius 3 is 2.21 bits per heavy atom. The highest BCUT2D eigenvalue weighted by Gasteiger charge is 2.40. The molecule has 2 aliphatic heterocycles. The van der Waals surface area contributed by atoms with Gasteiger partial charge in [0.25, 0.3) is 0 Å². The van der Waals surface area contributed by atoms with Crippen molar-refractivity contribution in [1.29, 1.82) is 0 Å². The van der Waals surface area contributed by atoms with E-state index in [1.54, 1.807) is 5.56 Å². The normalized spacial score (nSPS) is 25.4. The van der Waals surface area contributed by atoms with E-state index in [-0.39, 0.29) is 12.4 Å². The fourth-order valence-corrected chi connectivity index (χ4v) is 7.17. The third-order valence-electron chi connectivity index (χ3n) is 8.39. The summed E-state index contributed by atoms with van der Waals surface area (Å²) in [5.41, 5.74) is 5.31. The van der Waals surface area contributed by atoms with Crippen molar-refractivity contribution >= 4 is 23.8 Å². The molecule has 0 aromatic heterocycles. The number of methoxy groups -OCH3 is 1. The van der Waals surface area contributed by atoms with Crippen molar-refractivity contribution in [2.24, 2.45) is 10.8 Å². The molecule has 0 radical (unpaired) electrons. The summed E-state index contributed by atoms with van der Waals surface area (Å²) >= 11 is 0. The monoisotopic (exact) mass is 491 g/mol. The minimum absolute atomic E-state index is 0. The first kappa shape index (κ1) is 27.6. The first-order chi connectivity index (χ1) is 15.7. The van der Waals surface area contributed by atoms with Gasteiger partial charge in [-0.25, -0.2) is 0 Å². The molecular weight excluding hydrogens is 442 g/mol. The van der Waals surface area contributed by atoms with Crippen LogP contribution in [0, 0.1) is 10.8 Å². The van der Waals surface area contributed by atoms with Crippen molar-refractivity contribution < 1.29 is 4.74 Å². The lowest BCUT2D eigenvalue weighted by atomic mass is 9.60. The molecule has 2 saturated heterocycles. The van der Waals surface area contributed by atoms with Gasteiger partial charge in [-0.05, 0) is 79.2 Å². The minimum atomic E-state index is 0. The Kier molecular flexibility index (Phi) is 9.25. The maximum Gasteiger partial charge on any atom is 0.0762 e. The molecule has 0 bridgehead atoms. The van der Waals surface area contributed by atoms with Crippen molar-refractivity contribution in [2.45, 2.75) is 85.2 Å². The number of piperazine rings is 1. The van der Waals surface area contributed by atoms with Crippen LogP contribution in [0.25, 0.3) is 0 Å². The predicted octanol–water partition coefficient (Wildman–Crippen LogP) is 6.58. The molecule has 0 amide bonds. The fourth-order valence-electron chi connectivity index (χ4n) is 7.17. The smallest absolute Gasteiger partial charge is 0.0762 e. The number of unbranched alkanes of at least 4 members (excludes halogenated alkanes) is 1. The summed E-state index contributed by atoms with van der Waals surface area (Å²) in [6.45, 7) is 20.3. The van der Waals surface area contributed by atoms with Crippen LogP contribution in [0.2, 0.25) is 0 Å². The number of nitrogens with zero attached hydrogens (tertiary/aromatic N) is 3. The molecule has 1 aromatic carbocycles. The van der Waals surface area contributed by atoms with E-state index in [4.69, 9.17) is 4.74 Å². The van der Waals surface area contributed by atoms with Crippen LogP contribution in [-0.2, 0) is 4.74 Å². The van der Waals surface area contributed by atoms with Crippen LogP contribution in [0.3, 0.4) is 0 Å². The number of ether oxygens (including phenoxy) is 1. The standard InChI is InChI=1S/C29H49N3O.ClH/c1-7-8-12-30-14-16-31(17-15-30)27-10-9-24(32-13-11-25(21-32)33-6)18-26(27)23-19-28(2,3)22-29(4,5)20-23;/h9-10,18,23,25H,7-8,11-17,19-22H2,1-6H3;1H/t25-;/m0./s1. The van der Waals surface area contributed by atoms with Crippen LogP contribution in [0.4, 0.5) is 11.4 Å². The van der Waals surface area contributed by atoms with Crippen molar-refractivity contribution in [3.8, 4) is 0 Å². The van der Waals surface area contributed by atoms with Crippen molar-refractivity contribution in [3.63, 3.8) is 0 Å². The summed E-state index contributed by atoms with van der Waals surface area (Å²) in [6.07, 6.45) is 8.04. The summed E-state index contributed by atoms with van der Waals surface area (Å²) in [4.78, 5) is 7.90. The van der Waals surface area contributed by atoms with Gasteiger partial charge >= 0.3 is 0 Å². The maximum atomic E-state index is 5.67. The van der Waals surface area contributed by atoms with E-state index in [9.17, 15) is 0 Å². The number of hydrogen-bond acceptors (Lipinski definition) is 4. The zero-order valence-corrected chi connectivity index (χ0v) is 23.6. The highest BCUT2D eigenvalue weighted by atomic mass is 35.5. The molecule has 3 aliphatic rings. The zero-order chi connectivity index (χ0) is 23.6. The fraction of sp³-hybridized carbons (Fsp3) is 0.793. The molecule has 1 aliphatic carbocycles. The van der Waals surface area contributed by atoms with Gasteiger partial charge in [0.05, 0.1) is 6.10 Å². The largest absolute Gasteiger partial charge is 0.380 e. The third kappa shape index (κ3) is 6.62. The van der Waals surface area contributed by atoms with Crippen LogP contribution in [-0.4, -0.2) is 63.9 Å². The molecule has 0 N–H and O–H groups in total. The molecule has 0 unspecified atom stereocenters. The van der Waals surface area contributed by atoms with Gasteiger partial charge in [-0.1, -0.05) is 41.0 Å². The second kappa shape index (κ2) is 11.4. The topological polar surface area (TPSA) is 19.0 Å². The summed E-state index contributed by atoms with van der Waals surface area (Å²) < 4.78 is 5.67. The van der Waals surface area contributed by atoms with E-state index in [1.165, 1.54) is 63.1 Å². The molecule has 194 valence electrons. The number of benzene rings is 1. The molecule has 4 rings (SSSR count). The van der Waals surface area contributed by atoms with Gasteiger partial charge in [0.1, 0.15) is 0 Å². The summed E-state index contributed by atoms with van der Waals surface area (Å²) in [5, 5.41) is 0. The molecule has 0 spiro atoms. The van der Waals surface area contributed by atoms with Gasteiger partial charge in [0.15, 0.2) is 0 Å². The molecular formula is C29H50ClN3O. The molecule has 2 heterocycles. The minimum Gasteiger partial charge on any atom is -0.380 e. The predicted molar refractivity (Wildman–Crippen MR) is 149 cm³/mol. The van der Waals surface area contributed by atoms with Gasteiger partial charge in [0, 0.05) is 57.8 Å². The van der Waals surface area contributed by atoms with Crippen molar-refractivity contribution in [3.05, 3.63) is 23.8 Å². The number of halogens is 1. The first-order valence-corrected chi connectivity index (χ1v) is 13.6. The zero-order valence-electron chi connectivity index (χ0n) is 22.7. The summed E-state index contributed by atoms with van der Waals surface area (Å²) in [7, 11) is 1.86. The Morgan fingerprint density at radius 2 is 1.62 bits per heavy atom. The highest BCUT2D eigenvalue weighted by Crippen LogP contribution is 2.53. The molecule has 4 nitrogen and oxygen atoms in total. The van der Waals surface area contributed by atoms with Gasteiger partial charge in [-0.2, -0.15) is 0 Å².